The molecule has 0 bridgehead atoms. The Balaban J connectivity index is 1.38. The smallest absolute Gasteiger partial charge is 0.0934 e. The largest absolute Gasteiger partial charge is 0.398 e. The maximum atomic E-state index is 6.05. The highest BCUT2D eigenvalue weighted by Gasteiger charge is 2.28. The van der Waals surface area contributed by atoms with Crippen LogP contribution >= 0.6 is 22.9 Å². The van der Waals surface area contributed by atoms with Gasteiger partial charge in [-0.1, -0.05) is 29.8 Å². The van der Waals surface area contributed by atoms with E-state index >= 15 is 0 Å². The molecule has 1 saturated heterocycles. The normalized spacial score (nSPS) is 21.3. The van der Waals surface area contributed by atoms with Crippen molar-refractivity contribution in [2.75, 3.05) is 25.4 Å². The maximum Gasteiger partial charge on any atom is 0.0934 e. The van der Waals surface area contributed by atoms with Crippen molar-refractivity contribution in [3.63, 3.8) is 0 Å². The van der Waals surface area contributed by atoms with Crippen LogP contribution in [0.25, 0.3) is 17.0 Å². The van der Waals surface area contributed by atoms with Gasteiger partial charge in [0.2, 0.25) is 0 Å². The number of rotatable bonds is 5. The van der Waals surface area contributed by atoms with Crippen LogP contribution in [0.15, 0.2) is 48.7 Å². The SMILES string of the molecule is C[C@@H]1CN(Cc2ccc3c(N)ccnc3c2)C[C@H](C)N1CC=Cc1ccc(Cl)s1. The van der Waals surface area contributed by atoms with Crippen molar-refractivity contribution < 1.29 is 0 Å². The number of halogens is 1. The number of fused-ring (bicyclic) bond motifs is 1. The summed E-state index contributed by atoms with van der Waals surface area (Å²) >= 11 is 7.63. The minimum Gasteiger partial charge on any atom is -0.398 e. The van der Waals surface area contributed by atoms with Crippen LogP contribution in [-0.4, -0.2) is 46.5 Å². The van der Waals surface area contributed by atoms with Gasteiger partial charge in [0, 0.05) is 60.4 Å². The van der Waals surface area contributed by atoms with Gasteiger partial charge in [0.05, 0.1) is 9.85 Å². The Labute approximate surface area is 181 Å². The molecule has 2 N–H and O–H groups in total. The van der Waals surface area contributed by atoms with Gasteiger partial charge in [0.15, 0.2) is 0 Å². The lowest BCUT2D eigenvalue weighted by molar-refractivity contribution is 0.0442. The van der Waals surface area contributed by atoms with Crippen molar-refractivity contribution in [2.24, 2.45) is 0 Å². The van der Waals surface area contributed by atoms with Crippen LogP contribution in [0.2, 0.25) is 4.34 Å². The highest BCUT2D eigenvalue weighted by molar-refractivity contribution is 7.16. The Morgan fingerprint density at radius 1 is 1.17 bits per heavy atom. The zero-order valence-electron chi connectivity index (χ0n) is 16.9. The molecule has 0 amide bonds. The summed E-state index contributed by atoms with van der Waals surface area (Å²) in [4.78, 5) is 10.8. The number of nitrogens with two attached hydrogens (primary N) is 1. The number of nitrogen functional groups attached to an aromatic ring is 1. The summed E-state index contributed by atoms with van der Waals surface area (Å²) in [6.07, 6.45) is 6.21. The van der Waals surface area contributed by atoms with Crippen LogP contribution in [0.4, 0.5) is 5.69 Å². The van der Waals surface area contributed by atoms with E-state index in [1.807, 2.05) is 12.1 Å². The molecule has 0 saturated carbocycles. The monoisotopic (exact) mass is 426 g/mol. The summed E-state index contributed by atoms with van der Waals surface area (Å²) in [5, 5.41) is 1.03. The van der Waals surface area contributed by atoms with Gasteiger partial charge in [-0.15, -0.1) is 11.3 Å². The Bertz CT molecular complexity index is 1000. The molecular formula is C23H27ClN4S. The van der Waals surface area contributed by atoms with Gasteiger partial charge in [0.1, 0.15) is 0 Å². The minimum atomic E-state index is 0.504. The van der Waals surface area contributed by atoms with E-state index in [0.29, 0.717) is 12.1 Å². The summed E-state index contributed by atoms with van der Waals surface area (Å²) < 4.78 is 0.839. The molecule has 4 rings (SSSR count). The number of hydrogen-bond donors (Lipinski definition) is 1. The molecule has 0 spiro atoms. The molecule has 4 nitrogen and oxygen atoms in total. The summed E-state index contributed by atoms with van der Waals surface area (Å²) in [6, 6.07) is 13.3. The standard InChI is InChI=1S/C23H27ClN4S/c1-16-13-27(15-18-5-7-20-21(25)9-10-26-22(20)12-18)14-17(2)28(16)11-3-4-19-6-8-23(24)29-19/h3-10,12,16-17H,11,13-15H2,1-2H3,(H2,25,26)/t16-,17+. The summed E-state index contributed by atoms with van der Waals surface area (Å²) in [5.74, 6) is 0. The summed E-state index contributed by atoms with van der Waals surface area (Å²) in [5.41, 5.74) is 9.10. The number of anilines is 1. The third kappa shape index (κ3) is 4.81. The Hall–Kier alpha value is -1.92. The van der Waals surface area contributed by atoms with Crippen molar-refractivity contribution >= 4 is 45.6 Å². The first kappa shape index (κ1) is 20.4. The van der Waals surface area contributed by atoms with Gasteiger partial charge >= 0.3 is 0 Å². The average Bonchev–Trinajstić information content (AvgIpc) is 3.09. The van der Waals surface area contributed by atoms with Gasteiger partial charge < -0.3 is 5.73 Å². The van der Waals surface area contributed by atoms with E-state index < -0.39 is 0 Å². The van der Waals surface area contributed by atoms with E-state index in [1.54, 1.807) is 17.5 Å². The molecule has 1 aliphatic rings. The second-order valence-electron chi connectivity index (χ2n) is 7.88. The number of thiophene rings is 1. The number of aromatic nitrogens is 1. The van der Waals surface area contributed by atoms with E-state index in [0.717, 1.165) is 47.1 Å². The fraction of sp³-hybridized carbons (Fsp3) is 0.348. The average molecular weight is 427 g/mol. The second-order valence-corrected chi connectivity index (χ2v) is 9.63. The van der Waals surface area contributed by atoms with Crippen LogP contribution < -0.4 is 5.73 Å². The van der Waals surface area contributed by atoms with Gasteiger partial charge in [-0.3, -0.25) is 14.8 Å². The van der Waals surface area contributed by atoms with Gasteiger partial charge in [0.25, 0.3) is 0 Å². The molecule has 0 unspecified atom stereocenters. The fourth-order valence-electron chi connectivity index (χ4n) is 4.24. The lowest BCUT2D eigenvalue weighted by Gasteiger charge is -2.44. The maximum absolute atomic E-state index is 6.05. The number of benzene rings is 1. The molecule has 3 heterocycles. The molecule has 2 atom stereocenters. The van der Waals surface area contributed by atoms with Gasteiger partial charge in [-0.05, 0) is 49.8 Å². The number of hydrogen-bond acceptors (Lipinski definition) is 5. The third-order valence-electron chi connectivity index (χ3n) is 5.62. The quantitative estimate of drug-likeness (QED) is 0.613. The highest BCUT2D eigenvalue weighted by atomic mass is 35.5. The molecule has 0 radical (unpaired) electrons. The van der Waals surface area contributed by atoms with E-state index in [2.05, 4.69) is 65.0 Å². The molecule has 1 fully saturated rings. The lowest BCUT2D eigenvalue weighted by Crippen LogP contribution is -2.56. The predicted molar refractivity (Wildman–Crippen MR) is 125 cm³/mol. The second kappa shape index (κ2) is 8.84. The molecule has 0 aliphatic carbocycles. The molecule has 1 aliphatic heterocycles. The zero-order chi connectivity index (χ0) is 20.4. The van der Waals surface area contributed by atoms with Crippen molar-refractivity contribution in [3.8, 4) is 0 Å². The van der Waals surface area contributed by atoms with Gasteiger partial charge in [-0.25, -0.2) is 0 Å². The highest BCUT2D eigenvalue weighted by Crippen LogP contribution is 2.24. The van der Waals surface area contributed by atoms with Crippen molar-refractivity contribution in [2.45, 2.75) is 32.5 Å². The lowest BCUT2D eigenvalue weighted by atomic mass is 10.1. The van der Waals surface area contributed by atoms with Crippen molar-refractivity contribution in [3.05, 3.63) is 63.4 Å². The molecule has 3 aromatic rings. The van der Waals surface area contributed by atoms with Crippen LogP contribution in [0.5, 0.6) is 0 Å². The first-order chi connectivity index (χ1) is 14.0. The van der Waals surface area contributed by atoms with Crippen LogP contribution in [0.3, 0.4) is 0 Å². The Morgan fingerprint density at radius 3 is 2.69 bits per heavy atom. The van der Waals surface area contributed by atoms with Crippen LogP contribution in [0, 0.1) is 0 Å². The summed E-state index contributed by atoms with van der Waals surface area (Å²) in [6.45, 7) is 8.67. The molecule has 2 aromatic heterocycles. The minimum absolute atomic E-state index is 0.504. The van der Waals surface area contributed by atoms with E-state index in [-0.39, 0.29) is 0 Å². The molecular weight excluding hydrogens is 400 g/mol. The number of nitrogens with zero attached hydrogens (tertiary/aromatic N) is 3. The first-order valence-corrected chi connectivity index (χ1v) is 11.2. The Kier molecular flexibility index (Phi) is 6.20. The Morgan fingerprint density at radius 2 is 1.97 bits per heavy atom. The fourth-order valence-corrected chi connectivity index (χ4v) is 5.23. The van der Waals surface area contributed by atoms with Crippen LogP contribution in [-0.2, 0) is 6.54 Å². The molecule has 152 valence electrons. The van der Waals surface area contributed by atoms with E-state index in [9.17, 15) is 0 Å². The first-order valence-electron chi connectivity index (χ1n) is 10.0. The molecule has 6 heteroatoms. The van der Waals surface area contributed by atoms with E-state index in [1.165, 1.54) is 10.4 Å². The predicted octanol–water partition coefficient (Wildman–Crippen LogP) is 5.14. The van der Waals surface area contributed by atoms with Crippen LogP contribution in [0.1, 0.15) is 24.3 Å². The third-order valence-corrected chi connectivity index (χ3v) is 6.81. The molecule has 1 aromatic carbocycles. The van der Waals surface area contributed by atoms with Crippen molar-refractivity contribution in [1.82, 2.24) is 14.8 Å². The zero-order valence-corrected chi connectivity index (χ0v) is 18.5. The topological polar surface area (TPSA) is 45.4 Å². The summed E-state index contributed by atoms with van der Waals surface area (Å²) in [7, 11) is 0. The molecule has 29 heavy (non-hydrogen) atoms. The van der Waals surface area contributed by atoms with E-state index in [4.69, 9.17) is 17.3 Å². The number of pyridine rings is 1. The number of piperazine rings is 1. The van der Waals surface area contributed by atoms with Crippen molar-refractivity contribution in [1.29, 1.82) is 0 Å². The van der Waals surface area contributed by atoms with Gasteiger partial charge in [-0.2, -0.15) is 0 Å².